The van der Waals surface area contributed by atoms with Gasteiger partial charge in [0.1, 0.15) is 0 Å². The lowest BCUT2D eigenvalue weighted by atomic mass is 9.81. The van der Waals surface area contributed by atoms with Gasteiger partial charge >= 0.3 is 0 Å². The summed E-state index contributed by atoms with van der Waals surface area (Å²) in [4.78, 5) is 16.6. The fourth-order valence-electron chi connectivity index (χ4n) is 3.56. The molecule has 132 valence electrons. The van der Waals surface area contributed by atoms with E-state index in [9.17, 15) is 4.79 Å². The minimum Gasteiger partial charge on any atom is -0.348 e. The third kappa shape index (κ3) is 5.60. The summed E-state index contributed by atoms with van der Waals surface area (Å²) in [6.07, 6.45) is 9.94. The van der Waals surface area contributed by atoms with Gasteiger partial charge in [-0.1, -0.05) is 55.7 Å². The molecule has 1 saturated carbocycles. The van der Waals surface area contributed by atoms with Crippen LogP contribution in [0.25, 0.3) is 0 Å². The van der Waals surface area contributed by atoms with E-state index in [0.29, 0.717) is 11.7 Å². The van der Waals surface area contributed by atoms with Crippen LogP contribution < -0.4 is 5.32 Å². The van der Waals surface area contributed by atoms with Gasteiger partial charge in [0, 0.05) is 18.1 Å². The lowest BCUT2D eigenvalue weighted by molar-refractivity contribution is -0.119. The number of hydrogen-bond acceptors (Lipinski definition) is 3. The van der Waals surface area contributed by atoms with Crippen molar-refractivity contribution < 1.29 is 4.79 Å². The summed E-state index contributed by atoms with van der Waals surface area (Å²) in [5.74, 6) is 2.00. The topological polar surface area (TPSA) is 42.0 Å². The number of aromatic nitrogens is 1. The van der Waals surface area contributed by atoms with Crippen molar-refractivity contribution >= 4 is 17.7 Å². The quantitative estimate of drug-likeness (QED) is 0.780. The second kappa shape index (κ2) is 9.62. The molecular formula is C21H26N2OS. The Balaban J connectivity index is 1.56. The zero-order valence-electron chi connectivity index (χ0n) is 14.6. The highest BCUT2D eigenvalue weighted by atomic mass is 32.2. The molecule has 1 amide bonds. The van der Waals surface area contributed by atoms with Crippen LogP contribution in [0.3, 0.4) is 0 Å². The SMILES string of the molecule is O=C(CSCc1cccnc1)N[C@@H](c1ccccc1)C1CCCCC1. The third-order valence-electron chi connectivity index (χ3n) is 4.82. The molecule has 1 aromatic carbocycles. The molecule has 0 radical (unpaired) electrons. The fraction of sp³-hybridized carbons (Fsp3) is 0.429. The van der Waals surface area contributed by atoms with E-state index in [2.05, 4.69) is 34.6 Å². The van der Waals surface area contributed by atoms with Crippen molar-refractivity contribution in [3.8, 4) is 0 Å². The second-order valence-electron chi connectivity index (χ2n) is 6.71. The summed E-state index contributed by atoms with van der Waals surface area (Å²) in [7, 11) is 0. The zero-order valence-corrected chi connectivity index (χ0v) is 15.4. The summed E-state index contributed by atoms with van der Waals surface area (Å²) in [6, 6.07) is 14.6. The molecule has 1 fully saturated rings. The Morgan fingerprint density at radius 1 is 1.12 bits per heavy atom. The molecule has 1 aromatic heterocycles. The van der Waals surface area contributed by atoms with Crippen LogP contribution in [0.5, 0.6) is 0 Å². The smallest absolute Gasteiger partial charge is 0.230 e. The van der Waals surface area contributed by atoms with Gasteiger partial charge in [0.2, 0.25) is 5.91 Å². The van der Waals surface area contributed by atoms with Gasteiger partial charge < -0.3 is 5.32 Å². The maximum Gasteiger partial charge on any atom is 0.230 e. The van der Waals surface area contributed by atoms with Crippen molar-refractivity contribution in [3.63, 3.8) is 0 Å². The molecular weight excluding hydrogens is 328 g/mol. The van der Waals surface area contributed by atoms with Gasteiger partial charge in [-0.2, -0.15) is 0 Å². The predicted octanol–water partition coefficient (Wildman–Crippen LogP) is 4.75. The molecule has 3 rings (SSSR count). The molecule has 1 aliphatic carbocycles. The number of carbonyl (C=O) groups excluding carboxylic acids is 1. The Labute approximate surface area is 154 Å². The first-order valence-electron chi connectivity index (χ1n) is 9.14. The van der Waals surface area contributed by atoms with Crippen LogP contribution >= 0.6 is 11.8 Å². The van der Waals surface area contributed by atoms with Gasteiger partial charge in [-0.3, -0.25) is 9.78 Å². The molecule has 0 aliphatic heterocycles. The van der Waals surface area contributed by atoms with Gasteiger partial charge in [-0.05, 0) is 36.0 Å². The Bertz CT molecular complexity index is 641. The first kappa shape index (κ1) is 18.0. The van der Waals surface area contributed by atoms with E-state index in [1.807, 2.05) is 24.4 Å². The number of rotatable bonds is 7. The molecule has 1 N–H and O–H groups in total. The van der Waals surface area contributed by atoms with Gasteiger partial charge in [0.25, 0.3) is 0 Å². The summed E-state index contributed by atoms with van der Waals surface area (Å²) in [5.41, 5.74) is 2.40. The first-order valence-corrected chi connectivity index (χ1v) is 10.3. The number of hydrogen-bond donors (Lipinski definition) is 1. The highest BCUT2D eigenvalue weighted by molar-refractivity contribution is 7.99. The number of nitrogens with one attached hydrogen (secondary N) is 1. The van der Waals surface area contributed by atoms with E-state index < -0.39 is 0 Å². The Kier molecular flexibility index (Phi) is 6.92. The van der Waals surface area contributed by atoms with E-state index in [1.165, 1.54) is 37.7 Å². The van der Waals surface area contributed by atoms with Gasteiger partial charge in [0.05, 0.1) is 11.8 Å². The molecule has 2 aromatic rings. The average Bonchev–Trinajstić information content (AvgIpc) is 2.68. The summed E-state index contributed by atoms with van der Waals surface area (Å²) >= 11 is 1.65. The van der Waals surface area contributed by atoms with Crippen LogP contribution in [0.15, 0.2) is 54.9 Å². The van der Waals surface area contributed by atoms with Crippen LogP contribution in [-0.4, -0.2) is 16.6 Å². The number of nitrogens with zero attached hydrogens (tertiary/aromatic N) is 1. The van der Waals surface area contributed by atoms with Crippen molar-refractivity contribution in [2.24, 2.45) is 5.92 Å². The number of benzene rings is 1. The van der Waals surface area contributed by atoms with E-state index >= 15 is 0 Å². The van der Waals surface area contributed by atoms with Crippen LogP contribution in [0.4, 0.5) is 0 Å². The number of pyridine rings is 1. The minimum absolute atomic E-state index is 0.133. The lowest BCUT2D eigenvalue weighted by Gasteiger charge is -2.31. The van der Waals surface area contributed by atoms with E-state index in [0.717, 1.165) is 11.3 Å². The maximum absolute atomic E-state index is 12.5. The van der Waals surface area contributed by atoms with Gasteiger partial charge in [-0.15, -0.1) is 11.8 Å². The minimum atomic E-state index is 0.133. The molecule has 25 heavy (non-hydrogen) atoms. The molecule has 1 heterocycles. The van der Waals surface area contributed by atoms with Crippen molar-refractivity contribution in [1.29, 1.82) is 0 Å². The van der Waals surface area contributed by atoms with Crippen molar-refractivity contribution in [1.82, 2.24) is 10.3 Å². The number of thioether (sulfide) groups is 1. The van der Waals surface area contributed by atoms with Crippen LogP contribution in [0.2, 0.25) is 0 Å². The van der Waals surface area contributed by atoms with E-state index in [1.54, 1.807) is 18.0 Å². The number of carbonyl (C=O) groups is 1. The van der Waals surface area contributed by atoms with Crippen LogP contribution in [0, 0.1) is 5.92 Å². The summed E-state index contributed by atoms with van der Waals surface area (Å²) in [5, 5.41) is 3.31. The molecule has 0 saturated heterocycles. The fourth-order valence-corrected chi connectivity index (χ4v) is 4.34. The van der Waals surface area contributed by atoms with Crippen molar-refractivity contribution in [3.05, 3.63) is 66.0 Å². The molecule has 3 nitrogen and oxygen atoms in total. The average molecular weight is 355 g/mol. The second-order valence-corrected chi connectivity index (χ2v) is 7.69. The van der Waals surface area contributed by atoms with Crippen LogP contribution in [0.1, 0.15) is 49.3 Å². The number of amides is 1. The molecule has 0 spiro atoms. The summed E-state index contributed by atoms with van der Waals surface area (Å²) in [6.45, 7) is 0. The normalized spacial score (nSPS) is 16.3. The zero-order chi connectivity index (χ0) is 17.3. The van der Waals surface area contributed by atoms with Crippen LogP contribution in [-0.2, 0) is 10.5 Å². The summed E-state index contributed by atoms with van der Waals surface area (Å²) < 4.78 is 0. The van der Waals surface area contributed by atoms with E-state index in [4.69, 9.17) is 0 Å². The molecule has 0 bridgehead atoms. The maximum atomic E-state index is 12.5. The Hall–Kier alpha value is -1.81. The molecule has 0 unspecified atom stereocenters. The monoisotopic (exact) mass is 354 g/mol. The molecule has 4 heteroatoms. The van der Waals surface area contributed by atoms with Crippen molar-refractivity contribution in [2.45, 2.75) is 43.9 Å². The third-order valence-corrected chi connectivity index (χ3v) is 5.82. The standard InChI is InChI=1S/C21H26N2OS/c24-20(16-25-15-17-8-7-13-22-14-17)23-21(18-9-3-1-4-10-18)19-11-5-2-6-12-19/h1,3-4,7-10,13-14,19,21H,2,5-6,11-12,15-16H2,(H,23,24)/t21-/m0/s1. The molecule has 1 aliphatic rings. The van der Waals surface area contributed by atoms with Gasteiger partial charge in [0.15, 0.2) is 0 Å². The molecule has 1 atom stereocenters. The van der Waals surface area contributed by atoms with Crippen molar-refractivity contribution in [2.75, 3.05) is 5.75 Å². The predicted molar refractivity (Wildman–Crippen MR) is 104 cm³/mol. The lowest BCUT2D eigenvalue weighted by Crippen LogP contribution is -2.35. The Morgan fingerprint density at radius 3 is 2.64 bits per heavy atom. The Morgan fingerprint density at radius 2 is 1.92 bits per heavy atom. The highest BCUT2D eigenvalue weighted by Crippen LogP contribution is 2.34. The highest BCUT2D eigenvalue weighted by Gasteiger charge is 2.26. The largest absolute Gasteiger partial charge is 0.348 e. The first-order chi connectivity index (χ1) is 12.3. The van der Waals surface area contributed by atoms with E-state index in [-0.39, 0.29) is 11.9 Å². The van der Waals surface area contributed by atoms with Gasteiger partial charge in [-0.25, -0.2) is 0 Å².